The number of hydrogen-bond donors (Lipinski definition) is 1. The summed E-state index contributed by atoms with van der Waals surface area (Å²) in [5, 5.41) is 0. The third kappa shape index (κ3) is 3.73. The van der Waals surface area contributed by atoms with Gasteiger partial charge in [0.05, 0.1) is 21.7 Å². The molecule has 0 aromatic heterocycles. The minimum absolute atomic E-state index is 0.0309. The first-order valence-electron chi connectivity index (χ1n) is 6.03. The molecule has 0 fully saturated rings. The number of alkyl halides is 3. The van der Waals surface area contributed by atoms with Gasteiger partial charge in [0.25, 0.3) is 0 Å². The largest absolute Gasteiger partial charge is 0.416 e. The summed E-state index contributed by atoms with van der Waals surface area (Å²) < 4.78 is 78.4. The van der Waals surface area contributed by atoms with Gasteiger partial charge in [-0.1, -0.05) is 0 Å². The summed E-state index contributed by atoms with van der Waals surface area (Å²) in [6, 6.07) is 5.13. The zero-order chi connectivity index (χ0) is 17.2. The molecule has 1 unspecified atom stereocenters. The van der Waals surface area contributed by atoms with Crippen molar-refractivity contribution >= 4 is 23.0 Å². The predicted octanol–water partition coefficient (Wildman–Crippen LogP) is 3.93. The van der Waals surface area contributed by atoms with Crippen LogP contribution in [-0.2, 0) is 17.2 Å². The van der Waals surface area contributed by atoms with E-state index in [1.165, 1.54) is 0 Å². The summed E-state index contributed by atoms with van der Waals surface area (Å²) in [6.07, 6.45) is -4.56. The molecule has 1 atom stereocenters. The van der Waals surface area contributed by atoms with Gasteiger partial charge in [0.2, 0.25) is 0 Å². The first kappa shape index (κ1) is 17.1. The molecule has 0 radical (unpaired) electrons. The molecule has 1 N–H and O–H groups in total. The van der Waals surface area contributed by atoms with Crippen LogP contribution in [0.1, 0.15) is 15.9 Å². The summed E-state index contributed by atoms with van der Waals surface area (Å²) in [4.78, 5) is 10.6. The molecule has 9 heteroatoms. The van der Waals surface area contributed by atoms with Crippen molar-refractivity contribution in [1.29, 1.82) is 0 Å². The van der Waals surface area contributed by atoms with Crippen LogP contribution in [0.15, 0.2) is 41.3 Å². The van der Waals surface area contributed by atoms with Crippen LogP contribution in [0, 0.1) is 11.6 Å². The van der Waals surface area contributed by atoms with Gasteiger partial charge in [-0.2, -0.15) is 13.2 Å². The Morgan fingerprint density at radius 3 is 2.13 bits per heavy atom. The molecular weight excluding hydrogens is 341 g/mol. The first-order chi connectivity index (χ1) is 10.7. The summed E-state index contributed by atoms with van der Waals surface area (Å²) in [6.45, 7) is 0. The van der Waals surface area contributed by atoms with Crippen molar-refractivity contribution in [3.8, 4) is 0 Å². The van der Waals surface area contributed by atoms with E-state index in [4.69, 9.17) is 0 Å². The second kappa shape index (κ2) is 6.45. The van der Waals surface area contributed by atoms with E-state index >= 15 is 0 Å². The number of benzene rings is 2. The topological polar surface area (TPSA) is 46.2 Å². The van der Waals surface area contributed by atoms with Gasteiger partial charge in [-0.15, -0.1) is 0 Å². The van der Waals surface area contributed by atoms with Crippen LogP contribution < -0.4 is 4.72 Å². The fraction of sp³-hybridized carbons (Fsp3) is 0.0714. The predicted molar refractivity (Wildman–Crippen MR) is 73.2 cm³/mol. The maximum absolute atomic E-state index is 13.8. The number of halogens is 5. The van der Waals surface area contributed by atoms with Crippen molar-refractivity contribution in [1.82, 2.24) is 0 Å². The molecule has 0 heterocycles. The van der Waals surface area contributed by atoms with Gasteiger partial charge < -0.3 is 0 Å². The molecule has 0 aliphatic rings. The fourth-order valence-corrected chi connectivity index (χ4v) is 2.54. The third-order valence-corrected chi connectivity index (χ3v) is 3.95. The number of carbonyl (C=O) groups excluding carboxylic acids is 1. The van der Waals surface area contributed by atoms with Crippen LogP contribution in [0.2, 0.25) is 0 Å². The van der Waals surface area contributed by atoms with Crippen molar-refractivity contribution < 1.29 is 31.0 Å². The van der Waals surface area contributed by atoms with Crippen LogP contribution in [0.5, 0.6) is 0 Å². The van der Waals surface area contributed by atoms with Gasteiger partial charge in [0, 0.05) is 0 Å². The standard InChI is InChI=1S/C14H8F5NO2S/c15-11-5-6-12(13(16)10(11)7-21)20-23(22)9-3-1-8(2-4-9)14(17,18)19/h1-7,20H. The SMILES string of the molecule is O=Cc1c(F)ccc(NS(=O)c2ccc(C(F)(F)F)cc2)c1F. The average molecular weight is 349 g/mol. The fourth-order valence-electron chi connectivity index (χ4n) is 1.68. The Morgan fingerprint density at radius 2 is 1.61 bits per heavy atom. The number of nitrogens with one attached hydrogen (secondary N) is 1. The second-order valence-electron chi connectivity index (χ2n) is 4.33. The van der Waals surface area contributed by atoms with Gasteiger partial charge in [-0.3, -0.25) is 9.52 Å². The maximum atomic E-state index is 13.8. The van der Waals surface area contributed by atoms with E-state index in [0.717, 1.165) is 36.4 Å². The molecule has 122 valence electrons. The van der Waals surface area contributed by atoms with E-state index in [2.05, 4.69) is 4.72 Å². The highest BCUT2D eigenvalue weighted by atomic mass is 32.2. The molecular formula is C14H8F5NO2S. The molecule has 0 amide bonds. The highest BCUT2D eigenvalue weighted by Crippen LogP contribution is 2.29. The summed E-state index contributed by atoms with van der Waals surface area (Å²) in [5.74, 6) is -2.32. The maximum Gasteiger partial charge on any atom is 0.416 e. The Labute approximate surface area is 129 Å². The number of carbonyl (C=O) groups is 1. The lowest BCUT2D eigenvalue weighted by atomic mass is 10.2. The Balaban J connectivity index is 2.24. The molecule has 0 bridgehead atoms. The average Bonchev–Trinajstić information content (AvgIpc) is 2.50. The van der Waals surface area contributed by atoms with Crippen molar-refractivity contribution in [3.05, 3.63) is 59.2 Å². The first-order valence-corrected chi connectivity index (χ1v) is 7.18. The van der Waals surface area contributed by atoms with Gasteiger partial charge in [0.1, 0.15) is 16.8 Å². The molecule has 0 aliphatic carbocycles. The molecule has 0 saturated heterocycles. The van der Waals surface area contributed by atoms with Crippen LogP contribution in [0.3, 0.4) is 0 Å². The molecule has 23 heavy (non-hydrogen) atoms. The zero-order valence-electron chi connectivity index (χ0n) is 11.2. The van der Waals surface area contributed by atoms with Crippen molar-refractivity contribution in [2.75, 3.05) is 4.72 Å². The second-order valence-corrected chi connectivity index (χ2v) is 5.55. The molecule has 2 aromatic carbocycles. The number of rotatable bonds is 4. The summed E-state index contributed by atoms with van der Waals surface area (Å²) >= 11 is 0. The number of hydrogen-bond acceptors (Lipinski definition) is 2. The minimum Gasteiger partial charge on any atom is -0.298 e. The molecule has 2 aromatic rings. The van der Waals surface area contributed by atoms with E-state index < -0.39 is 45.6 Å². The normalized spacial score (nSPS) is 12.7. The molecule has 0 aliphatic heterocycles. The lowest BCUT2D eigenvalue weighted by Gasteiger charge is -2.10. The smallest absolute Gasteiger partial charge is 0.298 e. The molecule has 0 spiro atoms. The Bertz CT molecular complexity index is 759. The van der Waals surface area contributed by atoms with E-state index in [9.17, 15) is 31.0 Å². The molecule has 3 nitrogen and oxygen atoms in total. The zero-order valence-corrected chi connectivity index (χ0v) is 12.0. The van der Waals surface area contributed by atoms with Gasteiger partial charge in [-0.25, -0.2) is 13.0 Å². The highest BCUT2D eigenvalue weighted by Gasteiger charge is 2.30. The van der Waals surface area contributed by atoms with Gasteiger partial charge in [-0.05, 0) is 36.4 Å². The van der Waals surface area contributed by atoms with Crippen LogP contribution >= 0.6 is 0 Å². The highest BCUT2D eigenvalue weighted by molar-refractivity contribution is 7.86. The summed E-state index contributed by atoms with van der Waals surface area (Å²) in [7, 11) is -2.09. The lowest BCUT2D eigenvalue weighted by Crippen LogP contribution is -2.09. The Hall–Kier alpha value is -2.29. The van der Waals surface area contributed by atoms with Crippen LogP contribution in [0.4, 0.5) is 27.6 Å². The van der Waals surface area contributed by atoms with Gasteiger partial charge >= 0.3 is 6.18 Å². The Kier molecular flexibility index (Phi) is 4.79. The van der Waals surface area contributed by atoms with Crippen molar-refractivity contribution in [2.24, 2.45) is 0 Å². The van der Waals surface area contributed by atoms with E-state index in [1.807, 2.05) is 0 Å². The molecule has 2 rings (SSSR count). The van der Waals surface area contributed by atoms with Crippen LogP contribution in [-0.4, -0.2) is 10.5 Å². The number of anilines is 1. The van der Waals surface area contributed by atoms with Crippen molar-refractivity contribution in [2.45, 2.75) is 11.1 Å². The third-order valence-electron chi connectivity index (χ3n) is 2.84. The quantitative estimate of drug-likeness (QED) is 0.672. The van der Waals surface area contributed by atoms with E-state index in [1.54, 1.807) is 0 Å². The van der Waals surface area contributed by atoms with E-state index in [0.29, 0.717) is 0 Å². The monoisotopic (exact) mass is 349 g/mol. The van der Waals surface area contributed by atoms with E-state index in [-0.39, 0.29) is 11.2 Å². The number of aldehydes is 1. The van der Waals surface area contributed by atoms with Crippen LogP contribution in [0.25, 0.3) is 0 Å². The lowest BCUT2D eigenvalue weighted by molar-refractivity contribution is -0.137. The molecule has 0 saturated carbocycles. The summed E-state index contributed by atoms with van der Waals surface area (Å²) in [5.41, 5.74) is -2.17. The minimum atomic E-state index is -4.53. The van der Waals surface area contributed by atoms with Crippen molar-refractivity contribution in [3.63, 3.8) is 0 Å². The Morgan fingerprint density at radius 1 is 1.00 bits per heavy atom. The van der Waals surface area contributed by atoms with Gasteiger partial charge in [0.15, 0.2) is 12.1 Å².